The van der Waals surface area contributed by atoms with Gasteiger partial charge in [0.15, 0.2) is 0 Å². The lowest BCUT2D eigenvalue weighted by Gasteiger charge is -2.46. The molecule has 12 amide bonds. The van der Waals surface area contributed by atoms with Gasteiger partial charge in [-0.1, -0.05) is 84.3 Å². The minimum Gasteiger partial charge on any atom is -0.377 e. The van der Waals surface area contributed by atoms with E-state index in [1.54, 1.807) is 26.8 Å². The molecule has 0 unspecified atom stereocenters. The summed E-state index contributed by atoms with van der Waals surface area (Å²) in [7, 11) is 11.2. The smallest absolute Gasteiger partial charge is 0.377 e. The highest BCUT2D eigenvalue weighted by atomic mass is 19.4. The zero-order valence-electron chi connectivity index (χ0n) is 61.3. The molecule has 25 nitrogen and oxygen atoms in total. The summed E-state index contributed by atoms with van der Waals surface area (Å²) in [4.78, 5) is 190. The first-order chi connectivity index (χ1) is 48.1. The van der Waals surface area contributed by atoms with Crippen molar-refractivity contribution in [2.75, 3.05) is 89.2 Å². The lowest BCUT2D eigenvalue weighted by molar-refractivity contribution is -0.157. The zero-order chi connectivity index (χ0) is 75.4. The minimum absolute atomic E-state index is 0.00794. The molecule has 7 rings (SSSR count). The summed E-state index contributed by atoms with van der Waals surface area (Å²) in [6.07, 6.45) is 3.58. The average molecular weight is 1440 g/mol. The Kier molecular flexibility index (Phi) is 28.4. The van der Waals surface area contributed by atoms with Gasteiger partial charge in [0.25, 0.3) is 0 Å². The summed E-state index contributed by atoms with van der Waals surface area (Å²) in [5.74, 6) is -13.6. The Morgan fingerprint density at radius 2 is 1.31 bits per heavy atom. The highest BCUT2D eigenvalue weighted by Gasteiger charge is 2.54. The third-order valence-electron chi connectivity index (χ3n) is 22.0. The second kappa shape index (κ2) is 35.6. The van der Waals surface area contributed by atoms with Crippen LogP contribution in [0.5, 0.6) is 0 Å². The van der Waals surface area contributed by atoms with Gasteiger partial charge in [-0.15, -0.1) is 0 Å². The molecule has 10 atom stereocenters. The first kappa shape index (κ1) is 81.5. The van der Waals surface area contributed by atoms with Crippen LogP contribution in [-0.2, 0) is 74.9 Å². The third-order valence-corrected chi connectivity index (χ3v) is 22.0. The van der Waals surface area contributed by atoms with Gasteiger partial charge in [0.1, 0.15) is 71.1 Å². The molecule has 568 valence electrons. The lowest BCUT2D eigenvalue weighted by Crippen LogP contribution is -2.68. The fraction of sp³-hybridized carbons (Fsp3) is 0.722. The number of nitrogens with one attached hydrogen (secondary N) is 3. The fourth-order valence-corrected chi connectivity index (χ4v) is 15.5. The Balaban J connectivity index is 1.32. The van der Waals surface area contributed by atoms with E-state index in [0.29, 0.717) is 57.1 Å². The maximum absolute atomic E-state index is 15.4. The number of carbonyl (C=O) groups is 12. The van der Waals surface area contributed by atoms with Gasteiger partial charge < -0.3 is 64.8 Å². The molecule has 0 radical (unpaired) electrons. The highest BCUT2D eigenvalue weighted by Crippen LogP contribution is 2.40. The number of hydrogen-bond donors (Lipinski definition) is 3. The van der Waals surface area contributed by atoms with Crippen LogP contribution in [0.1, 0.15) is 167 Å². The number of hydrogen-bond acceptors (Lipinski definition) is 13. The molecule has 30 heteroatoms. The Morgan fingerprint density at radius 1 is 0.686 bits per heavy atom. The Bertz CT molecular complexity index is 3240. The van der Waals surface area contributed by atoms with Gasteiger partial charge in [-0.2, -0.15) is 13.2 Å². The van der Waals surface area contributed by atoms with E-state index in [4.69, 9.17) is 4.74 Å². The molecule has 1 spiro atoms. The Labute approximate surface area is 595 Å². The molecule has 3 aliphatic heterocycles. The second-order valence-corrected chi connectivity index (χ2v) is 29.1. The van der Waals surface area contributed by atoms with Crippen molar-refractivity contribution in [1.82, 2.24) is 60.0 Å². The fourth-order valence-electron chi connectivity index (χ4n) is 15.5. The average Bonchev–Trinajstić information content (AvgIpc) is 1.20. The highest BCUT2D eigenvalue weighted by molar-refractivity contribution is 6.01. The number of alkyl halides is 3. The van der Waals surface area contributed by atoms with Crippen LogP contribution in [0, 0.1) is 29.4 Å². The van der Waals surface area contributed by atoms with E-state index in [-0.39, 0.29) is 69.7 Å². The molecule has 2 bridgehead atoms. The van der Waals surface area contributed by atoms with Crippen LogP contribution in [0.2, 0.25) is 0 Å². The van der Waals surface area contributed by atoms with Crippen LogP contribution in [0.25, 0.3) is 0 Å². The summed E-state index contributed by atoms with van der Waals surface area (Å²) in [6.45, 7) is 5.43. The van der Waals surface area contributed by atoms with Crippen molar-refractivity contribution in [3.63, 3.8) is 0 Å². The first-order valence-corrected chi connectivity index (χ1v) is 36.2. The molecular formula is C72H107F5N12O13. The van der Waals surface area contributed by atoms with E-state index in [1.165, 1.54) is 76.0 Å². The predicted molar refractivity (Wildman–Crippen MR) is 365 cm³/mol. The molecule has 1 aromatic carbocycles. The maximum atomic E-state index is 15.4. The van der Waals surface area contributed by atoms with Gasteiger partial charge in [0.2, 0.25) is 70.9 Å². The van der Waals surface area contributed by atoms with Gasteiger partial charge in [0, 0.05) is 82.5 Å². The number of carbonyl (C=O) groups excluding carboxylic acids is 12. The van der Waals surface area contributed by atoms with E-state index < -0.39 is 198 Å². The zero-order valence-corrected chi connectivity index (χ0v) is 61.3. The molecule has 1 aromatic rings. The first-order valence-electron chi connectivity index (χ1n) is 36.2. The van der Waals surface area contributed by atoms with Gasteiger partial charge >= 0.3 is 6.18 Å². The van der Waals surface area contributed by atoms with Gasteiger partial charge in [-0.25, -0.2) is 8.78 Å². The predicted octanol–water partition coefficient (Wildman–Crippen LogP) is 4.81. The molecule has 2 saturated heterocycles. The summed E-state index contributed by atoms with van der Waals surface area (Å²) in [5, 5.41) is 8.43. The summed E-state index contributed by atoms with van der Waals surface area (Å²) >= 11 is 0. The van der Waals surface area contributed by atoms with E-state index in [2.05, 4.69) is 16.0 Å². The number of likely N-dealkylation sites (N-methyl/N-ethyl adjacent to an activating group) is 7. The Morgan fingerprint density at radius 3 is 1.89 bits per heavy atom. The second-order valence-electron chi connectivity index (χ2n) is 29.1. The molecule has 6 aliphatic rings. The van der Waals surface area contributed by atoms with Crippen LogP contribution in [0.4, 0.5) is 22.0 Å². The van der Waals surface area contributed by atoms with Crippen molar-refractivity contribution in [2.45, 2.75) is 229 Å². The Hall–Kier alpha value is -7.79. The molecule has 5 fully saturated rings. The van der Waals surface area contributed by atoms with E-state index in [0.717, 1.165) is 56.6 Å². The van der Waals surface area contributed by atoms with E-state index in [1.807, 2.05) is 13.0 Å². The lowest BCUT2D eigenvalue weighted by atomic mass is 9.74. The molecular weight excluding hydrogens is 1340 g/mol. The number of rotatable bonds is 12. The SMILES string of the molecule is CCO[C@@H]1C[C@H]2C(=O)NC3(CCC3)C(=O)N(C)[C@@H](C3CCCC3)C(=O)N(C)[C@H](C(=O)N(C)C)CC(=O)N(C)[C@@H](CC)C(=O)N[C@@H]([C@@H](C)CC)C(=O)N(C)CC(=O)N(C)[C@H]3C/C=C\CCN(C3=O)[C@@H](CC3CCCCC3)C(=O)N(C)CC(=O)N[C@H](CCc3cc(F)c(C(F)(F)F)c(F)c3)C(=O)N2C1. The van der Waals surface area contributed by atoms with Crippen LogP contribution in [0.15, 0.2) is 24.3 Å². The van der Waals surface area contributed by atoms with Crippen molar-refractivity contribution in [1.29, 1.82) is 0 Å². The normalized spacial score (nSPS) is 27.8. The van der Waals surface area contributed by atoms with Crippen LogP contribution < -0.4 is 16.0 Å². The van der Waals surface area contributed by atoms with Gasteiger partial charge in [-0.3, -0.25) is 57.5 Å². The molecule has 3 heterocycles. The standard InChI is InChI=1S/C72H107F5N12O13/c1-13-43(4)60-68(99)83(8)42-58(92)85(10)52-29-20-17-23-34-88(67(52)98)55(37-44-25-18-16-19-26-44)66(97)82(7)41-56(90)78-50(31-30-45-35-48(73)59(49(74)36-45)72(75,76)77)64(95)89-40-47(102-15-3)38-53(89)63(94)80-71(32-24-33-71)70(101)87(12)61(46-27-21-22-28-46)69(100)86(11)54(65(96)81(5)6)39-57(91)84(9)51(14-2)62(93)79-60/h17,20,35-36,43-44,46-47,50-55,60-61H,13-16,18-19,21-34,37-42H2,1-12H3,(H,78,90)(H,79,93)(H,80,94)/b20-17-/t43-,47+,50+,51-,52-,53-,54-,55-,60-,61-/m0/s1. The maximum Gasteiger partial charge on any atom is 0.422 e. The van der Waals surface area contributed by atoms with Crippen molar-refractivity contribution in [3.8, 4) is 0 Å². The van der Waals surface area contributed by atoms with Gasteiger partial charge in [0.05, 0.1) is 25.6 Å². The number of amides is 12. The summed E-state index contributed by atoms with van der Waals surface area (Å²) in [6, 6.07) is -9.77. The van der Waals surface area contributed by atoms with Gasteiger partial charge in [-0.05, 0) is 113 Å². The number of nitrogens with zero attached hydrogens (tertiary/aromatic N) is 9. The molecule has 3 N–H and O–H groups in total. The molecule has 0 aromatic heterocycles. The largest absolute Gasteiger partial charge is 0.422 e. The van der Waals surface area contributed by atoms with E-state index >= 15 is 37.5 Å². The number of aryl methyl sites for hydroxylation is 1. The quantitative estimate of drug-likeness (QED) is 0.187. The number of fused-ring (bicyclic) bond motifs is 3. The van der Waals surface area contributed by atoms with Crippen molar-refractivity contribution < 1.29 is 84.2 Å². The molecule has 3 aliphatic carbocycles. The molecule has 3 saturated carbocycles. The minimum atomic E-state index is -5.40. The topological polar surface area (TPSA) is 279 Å². The van der Waals surface area contributed by atoms with Crippen molar-refractivity contribution in [3.05, 3.63) is 47.0 Å². The summed E-state index contributed by atoms with van der Waals surface area (Å²) in [5.41, 5.74) is -4.11. The number of ether oxygens (including phenoxy) is 1. The monoisotopic (exact) mass is 1440 g/mol. The van der Waals surface area contributed by atoms with Crippen LogP contribution in [-0.4, -0.2) is 264 Å². The van der Waals surface area contributed by atoms with E-state index in [9.17, 15) is 41.9 Å². The van der Waals surface area contributed by atoms with Crippen molar-refractivity contribution in [2.24, 2.45) is 17.8 Å². The van der Waals surface area contributed by atoms with Crippen molar-refractivity contribution >= 4 is 70.9 Å². The third kappa shape index (κ3) is 19.1. The van der Waals surface area contributed by atoms with Crippen LogP contribution >= 0.6 is 0 Å². The molecule has 102 heavy (non-hydrogen) atoms. The van der Waals surface area contributed by atoms with Crippen LogP contribution in [0.3, 0.4) is 0 Å². The number of halogens is 5. The summed E-state index contributed by atoms with van der Waals surface area (Å²) < 4.78 is 77.8. The number of benzene rings is 1.